The van der Waals surface area contributed by atoms with Gasteiger partial charge < -0.3 is 10.1 Å². The van der Waals surface area contributed by atoms with Crippen molar-refractivity contribution >= 4 is 16.1 Å². The SMILES string of the molecule is O=C1NCCOC1CS(=O)(=O)F. The quantitative estimate of drug-likeness (QED) is 0.564. The molecule has 70 valence electrons. The number of nitrogens with one attached hydrogen (secondary N) is 1. The highest BCUT2D eigenvalue weighted by atomic mass is 32.3. The second kappa shape index (κ2) is 3.36. The van der Waals surface area contributed by atoms with Gasteiger partial charge in [0.05, 0.1) is 6.61 Å². The number of hydrogen-bond acceptors (Lipinski definition) is 4. The summed E-state index contributed by atoms with van der Waals surface area (Å²) in [6.07, 6.45) is -1.20. The summed E-state index contributed by atoms with van der Waals surface area (Å²) in [6, 6.07) is 0. The van der Waals surface area contributed by atoms with Gasteiger partial charge in [0.2, 0.25) is 5.91 Å². The number of carbonyl (C=O) groups excluding carboxylic acids is 1. The summed E-state index contributed by atoms with van der Waals surface area (Å²) in [5, 5.41) is 2.36. The summed E-state index contributed by atoms with van der Waals surface area (Å²) in [5.41, 5.74) is 0. The predicted molar refractivity (Wildman–Crippen MR) is 37.6 cm³/mol. The van der Waals surface area contributed by atoms with Gasteiger partial charge in [-0.05, 0) is 0 Å². The van der Waals surface area contributed by atoms with E-state index in [1.54, 1.807) is 0 Å². The summed E-state index contributed by atoms with van der Waals surface area (Å²) in [6.45, 7) is 0.549. The molecule has 0 spiro atoms. The van der Waals surface area contributed by atoms with Crippen molar-refractivity contribution in [2.45, 2.75) is 6.10 Å². The molecule has 1 atom stereocenters. The number of halogens is 1. The minimum Gasteiger partial charge on any atom is -0.365 e. The monoisotopic (exact) mass is 197 g/mol. The molecule has 0 saturated carbocycles. The van der Waals surface area contributed by atoms with E-state index in [0.717, 1.165) is 0 Å². The Kier molecular flexibility index (Phi) is 2.63. The highest BCUT2D eigenvalue weighted by molar-refractivity contribution is 7.86. The van der Waals surface area contributed by atoms with Crippen LogP contribution >= 0.6 is 0 Å². The highest BCUT2D eigenvalue weighted by Crippen LogP contribution is 2.03. The largest absolute Gasteiger partial charge is 0.365 e. The van der Waals surface area contributed by atoms with Gasteiger partial charge in [-0.1, -0.05) is 0 Å². The molecule has 1 saturated heterocycles. The van der Waals surface area contributed by atoms with Gasteiger partial charge in [0.1, 0.15) is 5.75 Å². The lowest BCUT2D eigenvalue weighted by Crippen LogP contribution is -2.47. The van der Waals surface area contributed by atoms with Gasteiger partial charge in [0, 0.05) is 6.54 Å². The first-order valence-electron chi connectivity index (χ1n) is 3.31. The van der Waals surface area contributed by atoms with Gasteiger partial charge in [-0.25, -0.2) is 0 Å². The van der Waals surface area contributed by atoms with E-state index in [-0.39, 0.29) is 6.61 Å². The van der Waals surface area contributed by atoms with E-state index in [1.807, 2.05) is 0 Å². The van der Waals surface area contributed by atoms with Crippen LogP contribution in [0, 0.1) is 0 Å². The topological polar surface area (TPSA) is 72.5 Å². The van der Waals surface area contributed by atoms with Gasteiger partial charge in [-0.3, -0.25) is 4.79 Å². The Bertz CT molecular complexity index is 275. The zero-order chi connectivity index (χ0) is 9.19. The van der Waals surface area contributed by atoms with Gasteiger partial charge in [-0.2, -0.15) is 8.42 Å². The Morgan fingerprint density at radius 1 is 1.67 bits per heavy atom. The standard InChI is InChI=1S/C5H8FNO4S/c6-12(9,10)3-4-5(8)7-1-2-11-4/h4H,1-3H2,(H,7,8). The van der Waals surface area contributed by atoms with Crippen molar-refractivity contribution in [2.75, 3.05) is 18.9 Å². The van der Waals surface area contributed by atoms with E-state index in [1.165, 1.54) is 0 Å². The molecule has 12 heavy (non-hydrogen) atoms. The number of rotatable bonds is 2. The molecule has 1 N–H and O–H groups in total. The normalized spacial score (nSPS) is 25.1. The van der Waals surface area contributed by atoms with Crippen LogP contribution < -0.4 is 5.32 Å². The molecule has 0 aromatic rings. The first-order valence-corrected chi connectivity index (χ1v) is 4.86. The third-order valence-electron chi connectivity index (χ3n) is 1.36. The number of amides is 1. The average Bonchev–Trinajstić information content (AvgIpc) is 1.91. The molecule has 0 radical (unpaired) electrons. The molecule has 1 amide bonds. The molecule has 0 aliphatic carbocycles. The summed E-state index contributed by atoms with van der Waals surface area (Å²) in [5.74, 6) is -1.48. The van der Waals surface area contributed by atoms with Crippen molar-refractivity contribution in [3.63, 3.8) is 0 Å². The average molecular weight is 197 g/mol. The molecule has 0 aromatic carbocycles. The van der Waals surface area contributed by atoms with Crippen molar-refractivity contribution in [3.8, 4) is 0 Å². The molecule has 5 nitrogen and oxygen atoms in total. The lowest BCUT2D eigenvalue weighted by molar-refractivity contribution is -0.135. The van der Waals surface area contributed by atoms with Crippen LogP contribution in [-0.4, -0.2) is 39.3 Å². The van der Waals surface area contributed by atoms with Gasteiger partial charge in [0.25, 0.3) is 0 Å². The van der Waals surface area contributed by atoms with Crippen molar-refractivity contribution in [1.82, 2.24) is 5.32 Å². The maximum absolute atomic E-state index is 12.1. The predicted octanol–water partition coefficient (Wildman–Crippen LogP) is -1.20. The fraction of sp³-hybridized carbons (Fsp3) is 0.800. The number of morpholine rings is 1. The Hall–Kier alpha value is -0.690. The molecule has 1 fully saturated rings. The van der Waals surface area contributed by atoms with Crippen LogP contribution in [0.2, 0.25) is 0 Å². The maximum Gasteiger partial charge on any atom is 0.305 e. The van der Waals surface area contributed by atoms with Crippen LogP contribution in [-0.2, 0) is 19.8 Å². The van der Waals surface area contributed by atoms with E-state index >= 15 is 0 Å². The summed E-state index contributed by atoms with van der Waals surface area (Å²) < 4.78 is 37.0. The van der Waals surface area contributed by atoms with E-state index in [9.17, 15) is 17.1 Å². The van der Waals surface area contributed by atoms with Crippen LogP contribution in [0.3, 0.4) is 0 Å². The Balaban J connectivity index is 2.56. The van der Waals surface area contributed by atoms with Gasteiger partial charge >= 0.3 is 10.2 Å². The molecule has 7 heteroatoms. The third-order valence-corrected chi connectivity index (χ3v) is 2.06. The second-order valence-electron chi connectivity index (χ2n) is 2.36. The van der Waals surface area contributed by atoms with Crippen LogP contribution in [0.15, 0.2) is 0 Å². The summed E-state index contributed by atoms with van der Waals surface area (Å²) in [7, 11) is -4.64. The third kappa shape index (κ3) is 2.74. The first-order chi connectivity index (χ1) is 5.49. The Morgan fingerprint density at radius 3 is 2.83 bits per heavy atom. The molecule has 1 heterocycles. The van der Waals surface area contributed by atoms with Crippen molar-refractivity contribution < 1.29 is 21.8 Å². The summed E-state index contributed by atoms with van der Waals surface area (Å²) in [4.78, 5) is 10.8. The van der Waals surface area contributed by atoms with Crippen molar-refractivity contribution in [1.29, 1.82) is 0 Å². The molecular weight excluding hydrogens is 189 g/mol. The molecule has 1 rings (SSSR count). The molecule has 1 aliphatic rings. The minimum atomic E-state index is -4.64. The van der Waals surface area contributed by atoms with Gasteiger partial charge in [0.15, 0.2) is 6.10 Å². The van der Waals surface area contributed by atoms with Crippen LogP contribution in [0.25, 0.3) is 0 Å². The van der Waals surface area contributed by atoms with E-state index in [0.29, 0.717) is 6.54 Å². The fourth-order valence-electron chi connectivity index (χ4n) is 0.870. The molecular formula is C5H8FNO4S. The van der Waals surface area contributed by atoms with E-state index < -0.39 is 28.0 Å². The summed E-state index contributed by atoms with van der Waals surface area (Å²) >= 11 is 0. The van der Waals surface area contributed by atoms with Crippen molar-refractivity contribution in [3.05, 3.63) is 0 Å². The number of carbonyl (C=O) groups is 1. The molecule has 1 unspecified atom stereocenters. The fourth-order valence-corrected chi connectivity index (χ4v) is 1.48. The van der Waals surface area contributed by atoms with Crippen LogP contribution in [0.5, 0.6) is 0 Å². The highest BCUT2D eigenvalue weighted by Gasteiger charge is 2.28. The van der Waals surface area contributed by atoms with Gasteiger partial charge in [-0.15, -0.1) is 3.89 Å². The second-order valence-corrected chi connectivity index (χ2v) is 3.77. The molecule has 0 aromatic heterocycles. The number of hydrogen-bond donors (Lipinski definition) is 1. The lowest BCUT2D eigenvalue weighted by atomic mass is 10.3. The number of ether oxygens (including phenoxy) is 1. The van der Waals surface area contributed by atoms with Crippen LogP contribution in [0.1, 0.15) is 0 Å². The smallest absolute Gasteiger partial charge is 0.305 e. The zero-order valence-electron chi connectivity index (χ0n) is 6.12. The van der Waals surface area contributed by atoms with E-state index in [4.69, 9.17) is 4.74 Å². The maximum atomic E-state index is 12.1. The zero-order valence-corrected chi connectivity index (χ0v) is 6.93. The van der Waals surface area contributed by atoms with E-state index in [2.05, 4.69) is 5.32 Å². The Labute approximate surface area is 69.1 Å². The molecule has 1 aliphatic heterocycles. The minimum absolute atomic E-state index is 0.214. The van der Waals surface area contributed by atoms with Crippen LogP contribution in [0.4, 0.5) is 3.89 Å². The molecule has 0 bridgehead atoms. The van der Waals surface area contributed by atoms with Crippen molar-refractivity contribution in [2.24, 2.45) is 0 Å². The first kappa shape index (κ1) is 9.40. The Morgan fingerprint density at radius 2 is 2.33 bits per heavy atom. The lowest BCUT2D eigenvalue weighted by Gasteiger charge is -2.20.